The number of rotatable bonds is 7. The molecular formula is C14H20N2O2. The molecule has 2 heterocycles. The lowest BCUT2D eigenvalue weighted by molar-refractivity contribution is 0.227. The smallest absolute Gasteiger partial charge is 0.122 e. The molecule has 98 valence electrons. The molecule has 4 nitrogen and oxygen atoms in total. The number of hydrogen-bond donors (Lipinski definition) is 1. The van der Waals surface area contributed by atoms with Crippen LogP contribution >= 0.6 is 0 Å². The molecule has 0 aliphatic carbocycles. The Labute approximate surface area is 108 Å². The summed E-state index contributed by atoms with van der Waals surface area (Å²) in [7, 11) is 1.94. The Morgan fingerprint density at radius 1 is 1.17 bits per heavy atom. The predicted molar refractivity (Wildman–Crippen MR) is 70.0 cm³/mol. The van der Waals surface area contributed by atoms with E-state index in [1.807, 2.05) is 25.2 Å². The van der Waals surface area contributed by atoms with Crippen molar-refractivity contribution in [2.24, 2.45) is 0 Å². The molecule has 0 aliphatic rings. The van der Waals surface area contributed by atoms with Crippen molar-refractivity contribution < 1.29 is 8.83 Å². The average molecular weight is 248 g/mol. The van der Waals surface area contributed by atoms with Crippen molar-refractivity contribution in [2.75, 3.05) is 13.6 Å². The second-order valence-electron chi connectivity index (χ2n) is 4.28. The van der Waals surface area contributed by atoms with Crippen molar-refractivity contribution in [1.82, 2.24) is 10.2 Å². The third kappa shape index (κ3) is 3.24. The SMILES string of the molecule is CCN(Cc1ccco1)Cc1occc1CNC. The van der Waals surface area contributed by atoms with Gasteiger partial charge in [-0.1, -0.05) is 6.92 Å². The van der Waals surface area contributed by atoms with E-state index >= 15 is 0 Å². The van der Waals surface area contributed by atoms with Crippen LogP contribution in [-0.2, 0) is 19.6 Å². The first-order chi connectivity index (χ1) is 8.83. The fourth-order valence-electron chi connectivity index (χ4n) is 1.96. The quantitative estimate of drug-likeness (QED) is 0.817. The van der Waals surface area contributed by atoms with Crippen molar-refractivity contribution >= 4 is 0 Å². The molecule has 0 saturated carbocycles. The fourth-order valence-corrected chi connectivity index (χ4v) is 1.96. The molecule has 0 unspecified atom stereocenters. The first-order valence-electron chi connectivity index (χ1n) is 6.28. The maximum atomic E-state index is 5.56. The number of furan rings is 2. The molecule has 4 heteroatoms. The van der Waals surface area contributed by atoms with Gasteiger partial charge in [0.1, 0.15) is 11.5 Å². The molecule has 1 N–H and O–H groups in total. The third-order valence-corrected chi connectivity index (χ3v) is 2.98. The van der Waals surface area contributed by atoms with Gasteiger partial charge in [-0.15, -0.1) is 0 Å². The van der Waals surface area contributed by atoms with E-state index in [-0.39, 0.29) is 0 Å². The Balaban J connectivity index is 1.99. The van der Waals surface area contributed by atoms with Crippen molar-refractivity contribution in [3.8, 4) is 0 Å². The summed E-state index contributed by atoms with van der Waals surface area (Å²) in [6.07, 6.45) is 3.46. The second-order valence-corrected chi connectivity index (χ2v) is 4.28. The van der Waals surface area contributed by atoms with Crippen LogP contribution in [-0.4, -0.2) is 18.5 Å². The molecule has 0 bridgehead atoms. The normalized spacial score (nSPS) is 11.3. The summed E-state index contributed by atoms with van der Waals surface area (Å²) < 4.78 is 10.9. The zero-order chi connectivity index (χ0) is 12.8. The van der Waals surface area contributed by atoms with Gasteiger partial charge >= 0.3 is 0 Å². The highest BCUT2D eigenvalue weighted by Crippen LogP contribution is 2.15. The zero-order valence-corrected chi connectivity index (χ0v) is 11.0. The van der Waals surface area contributed by atoms with Gasteiger partial charge in [0.05, 0.1) is 25.6 Å². The van der Waals surface area contributed by atoms with E-state index < -0.39 is 0 Å². The van der Waals surface area contributed by atoms with Gasteiger partial charge in [-0.05, 0) is 31.8 Å². The van der Waals surface area contributed by atoms with Gasteiger partial charge in [0, 0.05) is 12.1 Å². The molecule has 2 aromatic heterocycles. The second kappa shape index (κ2) is 6.42. The van der Waals surface area contributed by atoms with E-state index in [4.69, 9.17) is 8.83 Å². The van der Waals surface area contributed by atoms with Crippen molar-refractivity contribution in [1.29, 1.82) is 0 Å². The molecular weight excluding hydrogens is 228 g/mol. The molecule has 0 fully saturated rings. The fraction of sp³-hybridized carbons (Fsp3) is 0.429. The summed E-state index contributed by atoms with van der Waals surface area (Å²) in [6, 6.07) is 5.94. The van der Waals surface area contributed by atoms with Gasteiger partial charge in [0.2, 0.25) is 0 Å². The highest BCUT2D eigenvalue weighted by molar-refractivity contribution is 5.16. The van der Waals surface area contributed by atoms with Gasteiger partial charge in [-0.25, -0.2) is 0 Å². The molecule has 0 aromatic carbocycles. The van der Waals surface area contributed by atoms with E-state index in [9.17, 15) is 0 Å². The van der Waals surface area contributed by atoms with E-state index in [1.54, 1.807) is 12.5 Å². The summed E-state index contributed by atoms with van der Waals surface area (Å²) in [6.45, 7) is 5.55. The van der Waals surface area contributed by atoms with Crippen LogP contribution in [0.25, 0.3) is 0 Å². The van der Waals surface area contributed by atoms with Crippen LogP contribution in [0.5, 0.6) is 0 Å². The lowest BCUT2D eigenvalue weighted by Crippen LogP contribution is -2.22. The summed E-state index contributed by atoms with van der Waals surface area (Å²) in [5.74, 6) is 2.01. The standard InChI is InChI=1S/C14H20N2O2/c1-3-16(10-13-5-4-7-17-13)11-14-12(9-15-2)6-8-18-14/h4-8,15H,3,9-11H2,1-2H3. The van der Waals surface area contributed by atoms with E-state index in [0.717, 1.165) is 37.7 Å². The molecule has 0 saturated heterocycles. The minimum absolute atomic E-state index is 0.807. The monoisotopic (exact) mass is 248 g/mol. The van der Waals surface area contributed by atoms with E-state index in [0.29, 0.717) is 0 Å². The largest absolute Gasteiger partial charge is 0.468 e. The van der Waals surface area contributed by atoms with Crippen LogP contribution in [0.3, 0.4) is 0 Å². The molecule has 2 rings (SSSR count). The maximum Gasteiger partial charge on any atom is 0.122 e. The van der Waals surface area contributed by atoms with Gasteiger partial charge in [-0.3, -0.25) is 4.90 Å². The predicted octanol–water partition coefficient (Wildman–Crippen LogP) is 2.61. The number of nitrogens with one attached hydrogen (secondary N) is 1. The Kier molecular flexibility index (Phi) is 4.61. The van der Waals surface area contributed by atoms with E-state index in [1.165, 1.54) is 5.56 Å². The molecule has 0 aliphatic heterocycles. The van der Waals surface area contributed by atoms with Gasteiger partial charge in [0.25, 0.3) is 0 Å². The minimum Gasteiger partial charge on any atom is -0.468 e. The summed E-state index contributed by atoms with van der Waals surface area (Å²) in [4.78, 5) is 2.29. The van der Waals surface area contributed by atoms with Crippen LogP contribution in [0.1, 0.15) is 24.0 Å². The highest BCUT2D eigenvalue weighted by Gasteiger charge is 2.12. The van der Waals surface area contributed by atoms with Crippen molar-refractivity contribution in [3.05, 3.63) is 47.8 Å². The topological polar surface area (TPSA) is 41.6 Å². The average Bonchev–Trinajstić information content (AvgIpc) is 3.01. The Morgan fingerprint density at radius 2 is 2.06 bits per heavy atom. The molecule has 0 atom stereocenters. The summed E-state index contributed by atoms with van der Waals surface area (Å²) in [5, 5.41) is 3.15. The lowest BCUT2D eigenvalue weighted by Gasteiger charge is -2.18. The van der Waals surface area contributed by atoms with Gasteiger partial charge in [0.15, 0.2) is 0 Å². The van der Waals surface area contributed by atoms with Crippen LogP contribution in [0.15, 0.2) is 39.6 Å². The molecule has 0 amide bonds. The first kappa shape index (κ1) is 12.9. The number of hydrogen-bond acceptors (Lipinski definition) is 4. The van der Waals surface area contributed by atoms with Crippen molar-refractivity contribution in [2.45, 2.75) is 26.6 Å². The summed E-state index contributed by atoms with van der Waals surface area (Å²) >= 11 is 0. The zero-order valence-electron chi connectivity index (χ0n) is 11.0. The third-order valence-electron chi connectivity index (χ3n) is 2.98. The maximum absolute atomic E-state index is 5.56. The molecule has 0 spiro atoms. The Morgan fingerprint density at radius 3 is 2.72 bits per heavy atom. The molecule has 18 heavy (non-hydrogen) atoms. The lowest BCUT2D eigenvalue weighted by atomic mass is 10.2. The summed E-state index contributed by atoms with van der Waals surface area (Å²) in [5.41, 5.74) is 1.22. The minimum atomic E-state index is 0.807. The Bertz CT molecular complexity index is 448. The van der Waals surface area contributed by atoms with Crippen LogP contribution in [0.4, 0.5) is 0 Å². The van der Waals surface area contributed by atoms with Gasteiger partial charge < -0.3 is 14.2 Å². The first-order valence-corrected chi connectivity index (χ1v) is 6.28. The van der Waals surface area contributed by atoms with Crippen LogP contribution < -0.4 is 5.32 Å². The van der Waals surface area contributed by atoms with Crippen LogP contribution in [0.2, 0.25) is 0 Å². The Hall–Kier alpha value is -1.52. The van der Waals surface area contributed by atoms with Crippen LogP contribution in [0, 0.1) is 0 Å². The molecule has 2 aromatic rings. The number of nitrogens with zero attached hydrogens (tertiary/aromatic N) is 1. The molecule has 0 radical (unpaired) electrons. The van der Waals surface area contributed by atoms with Crippen molar-refractivity contribution in [3.63, 3.8) is 0 Å². The van der Waals surface area contributed by atoms with E-state index in [2.05, 4.69) is 17.1 Å². The highest BCUT2D eigenvalue weighted by atomic mass is 16.3. The van der Waals surface area contributed by atoms with Gasteiger partial charge in [-0.2, -0.15) is 0 Å².